The SMILES string of the molecule is C[C@@H]1CCn2nc(-c3ccc(C(=O)Nc4cc(C(F)(F)F)ccn4)cc3)c3c(N)ncc(c32)/C=C/[C@@H](O)CCCCC(=O)N1. The van der Waals surface area contributed by atoms with Crippen molar-refractivity contribution < 1.29 is 27.9 Å². The van der Waals surface area contributed by atoms with E-state index in [9.17, 15) is 27.9 Å². The fraction of sp³-hybridized carbons (Fsp3) is 0.323. The lowest BCUT2D eigenvalue weighted by atomic mass is 10.0. The molecule has 10 nitrogen and oxygen atoms in total. The number of aromatic nitrogens is 4. The molecule has 1 aliphatic heterocycles. The minimum Gasteiger partial charge on any atom is -0.389 e. The zero-order chi connectivity index (χ0) is 31.4. The summed E-state index contributed by atoms with van der Waals surface area (Å²) in [5, 5.41) is 21.4. The van der Waals surface area contributed by atoms with Crippen molar-refractivity contribution in [3.8, 4) is 11.3 Å². The molecule has 0 bridgehead atoms. The molecule has 0 fully saturated rings. The molecule has 0 spiro atoms. The molecule has 13 heteroatoms. The molecule has 5 N–H and O–H groups in total. The highest BCUT2D eigenvalue weighted by molar-refractivity contribution is 6.06. The van der Waals surface area contributed by atoms with E-state index in [0.29, 0.717) is 66.4 Å². The molecular formula is C31H32F3N7O3. The number of carbonyl (C=O) groups is 2. The van der Waals surface area contributed by atoms with Crippen LogP contribution in [-0.4, -0.2) is 48.8 Å². The number of nitrogens with two attached hydrogens (primary N) is 1. The monoisotopic (exact) mass is 607 g/mol. The normalized spacial score (nSPS) is 19.1. The first-order chi connectivity index (χ1) is 21.0. The molecular weight excluding hydrogens is 575 g/mol. The molecule has 4 aromatic rings. The molecule has 0 saturated carbocycles. The van der Waals surface area contributed by atoms with E-state index in [0.717, 1.165) is 18.3 Å². The number of anilines is 2. The van der Waals surface area contributed by atoms with Crippen LogP contribution in [0.5, 0.6) is 0 Å². The van der Waals surface area contributed by atoms with Gasteiger partial charge in [-0.15, -0.1) is 0 Å². The zero-order valence-corrected chi connectivity index (χ0v) is 23.9. The second kappa shape index (κ2) is 12.8. The smallest absolute Gasteiger partial charge is 0.389 e. The van der Waals surface area contributed by atoms with E-state index in [4.69, 9.17) is 10.8 Å². The second-order valence-electron chi connectivity index (χ2n) is 10.8. The molecule has 44 heavy (non-hydrogen) atoms. The average Bonchev–Trinajstić information content (AvgIpc) is 3.38. The molecule has 1 aromatic carbocycles. The van der Waals surface area contributed by atoms with Crippen LogP contribution in [0.2, 0.25) is 0 Å². The van der Waals surface area contributed by atoms with Gasteiger partial charge in [-0.2, -0.15) is 18.3 Å². The van der Waals surface area contributed by atoms with Crippen molar-refractivity contribution in [2.24, 2.45) is 0 Å². The highest BCUT2D eigenvalue weighted by Crippen LogP contribution is 2.34. The number of aryl methyl sites for hydroxylation is 1. The van der Waals surface area contributed by atoms with Crippen LogP contribution in [-0.2, 0) is 17.5 Å². The van der Waals surface area contributed by atoms with Crippen molar-refractivity contribution in [1.82, 2.24) is 25.1 Å². The summed E-state index contributed by atoms with van der Waals surface area (Å²) in [6, 6.07) is 7.88. The number of amides is 2. The van der Waals surface area contributed by atoms with Crippen LogP contribution in [0.25, 0.3) is 28.2 Å². The second-order valence-corrected chi connectivity index (χ2v) is 10.8. The van der Waals surface area contributed by atoms with Crippen LogP contribution < -0.4 is 16.4 Å². The van der Waals surface area contributed by atoms with Crippen LogP contribution >= 0.6 is 0 Å². The minimum absolute atomic E-state index is 0.0366. The number of pyridine rings is 2. The first-order valence-electron chi connectivity index (χ1n) is 14.2. The maximum Gasteiger partial charge on any atom is 0.416 e. The maximum atomic E-state index is 13.1. The van der Waals surface area contributed by atoms with Gasteiger partial charge < -0.3 is 21.5 Å². The Balaban J connectivity index is 1.48. The Hall–Kier alpha value is -4.78. The topological polar surface area (TPSA) is 148 Å². The van der Waals surface area contributed by atoms with E-state index in [1.807, 2.05) is 6.92 Å². The Labute approximate surface area is 251 Å². The summed E-state index contributed by atoms with van der Waals surface area (Å²) < 4.78 is 41.0. The summed E-state index contributed by atoms with van der Waals surface area (Å²) in [5.41, 5.74) is 8.22. The largest absolute Gasteiger partial charge is 0.416 e. The van der Waals surface area contributed by atoms with E-state index in [1.54, 1.807) is 35.2 Å². The number of nitrogen functional groups attached to an aromatic ring is 1. The number of carbonyl (C=O) groups excluding carboxylic acids is 2. The Kier molecular flexibility index (Phi) is 8.95. The lowest BCUT2D eigenvalue weighted by Crippen LogP contribution is -2.33. The quantitative estimate of drug-likeness (QED) is 0.251. The van der Waals surface area contributed by atoms with Crippen LogP contribution in [0.4, 0.5) is 24.8 Å². The number of alkyl halides is 3. The van der Waals surface area contributed by atoms with Gasteiger partial charge >= 0.3 is 6.18 Å². The molecule has 2 amide bonds. The van der Waals surface area contributed by atoms with Crippen LogP contribution in [0.3, 0.4) is 0 Å². The van der Waals surface area contributed by atoms with Crippen molar-refractivity contribution in [2.45, 2.75) is 63.9 Å². The number of halogens is 3. The van der Waals surface area contributed by atoms with Gasteiger partial charge in [-0.25, -0.2) is 9.97 Å². The van der Waals surface area contributed by atoms with Crippen molar-refractivity contribution in [3.63, 3.8) is 0 Å². The number of aliphatic hydroxyl groups excluding tert-OH is 1. The lowest BCUT2D eigenvalue weighted by molar-refractivity contribution is -0.137. The van der Waals surface area contributed by atoms with Gasteiger partial charge in [-0.1, -0.05) is 30.7 Å². The molecule has 0 unspecified atom stereocenters. The average molecular weight is 608 g/mol. The van der Waals surface area contributed by atoms with Crippen LogP contribution in [0.1, 0.15) is 60.5 Å². The molecule has 5 rings (SSSR count). The highest BCUT2D eigenvalue weighted by Gasteiger charge is 2.31. The maximum absolute atomic E-state index is 13.1. The molecule has 2 atom stereocenters. The predicted molar refractivity (Wildman–Crippen MR) is 160 cm³/mol. The van der Waals surface area contributed by atoms with Crippen molar-refractivity contribution in [2.75, 3.05) is 11.1 Å². The summed E-state index contributed by atoms with van der Waals surface area (Å²) in [4.78, 5) is 33.3. The lowest BCUT2D eigenvalue weighted by Gasteiger charge is -2.14. The summed E-state index contributed by atoms with van der Waals surface area (Å²) in [5.74, 6) is -0.643. The number of aliphatic hydroxyl groups is 1. The molecule has 0 aliphatic carbocycles. The molecule has 0 saturated heterocycles. The number of hydrogen-bond acceptors (Lipinski definition) is 7. The molecule has 0 radical (unpaired) electrons. The molecule has 3 aromatic heterocycles. The Morgan fingerprint density at radius 3 is 2.66 bits per heavy atom. The third-order valence-electron chi connectivity index (χ3n) is 7.41. The summed E-state index contributed by atoms with van der Waals surface area (Å²) in [6.45, 7) is 2.39. The van der Waals surface area contributed by atoms with E-state index in [2.05, 4.69) is 20.6 Å². The first kappa shape index (κ1) is 30.7. The molecule has 230 valence electrons. The van der Waals surface area contributed by atoms with Gasteiger partial charge in [-0.05, 0) is 50.5 Å². The first-order valence-corrected chi connectivity index (χ1v) is 14.2. The van der Waals surface area contributed by atoms with Gasteiger partial charge in [0.1, 0.15) is 17.3 Å². The standard InChI is InChI=1S/C31H32F3N7O3/c1-18-13-15-41-28-21(10-11-23(42)4-2-3-5-25(43)38-18)17-37-29(35)26(28)27(40-41)19-6-8-20(9-7-19)30(44)39-24-16-22(12-14-36-24)31(32,33)34/h6-12,14,16-18,23,42H,2-5,13,15H2,1H3,(H2,35,37)(H,38,43)(H,36,39,44)/b11-10+/t18-,23+/m1/s1. The van der Waals surface area contributed by atoms with Gasteiger partial charge in [0.15, 0.2) is 0 Å². The highest BCUT2D eigenvalue weighted by atomic mass is 19.4. The van der Waals surface area contributed by atoms with Gasteiger partial charge in [0.25, 0.3) is 5.91 Å². The zero-order valence-electron chi connectivity index (χ0n) is 23.9. The van der Waals surface area contributed by atoms with Crippen molar-refractivity contribution in [3.05, 3.63) is 71.6 Å². The van der Waals surface area contributed by atoms with Crippen LogP contribution in [0, 0.1) is 0 Å². The summed E-state index contributed by atoms with van der Waals surface area (Å²) >= 11 is 0. The fourth-order valence-electron chi connectivity index (χ4n) is 5.08. The number of benzene rings is 1. The van der Waals surface area contributed by atoms with E-state index >= 15 is 0 Å². The predicted octanol–water partition coefficient (Wildman–Crippen LogP) is 5.19. The van der Waals surface area contributed by atoms with Crippen molar-refractivity contribution >= 4 is 40.4 Å². The Morgan fingerprint density at radius 1 is 1.14 bits per heavy atom. The number of nitrogens with one attached hydrogen (secondary N) is 2. The van der Waals surface area contributed by atoms with Crippen LogP contribution in [0.15, 0.2) is 54.9 Å². The van der Waals surface area contributed by atoms with E-state index in [1.165, 1.54) is 12.1 Å². The Bertz CT molecular complexity index is 1700. The van der Waals surface area contributed by atoms with Gasteiger partial charge in [-0.3, -0.25) is 14.3 Å². The minimum atomic E-state index is -4.57. The Morgan fingerprint density at radius 2 is 1.91 bits per heavy atom. The fourth-order valence-corrected chi connectivity index (χ4v) is 5.08. The van der Waals surface area contributed by atoms with Gasteiger partial charge in [0.2, 0.25) is 5.91 Å². The summed E-state index contributed by atoms with van der Waals surface area (Å²) in [6.07, 6.45) is 3.72. The van der Waals surface area contributed by atoms with Gasteiger partial charge in [0, 0.05) is 48.1 Å². The molecule has 1 aliphatic rings. The number of hydrogen-bond donors (Lipinski definition) is 4. The van der Waals surface area contributed by atoms with Crippen molar-refractivity contribution in [1.29, 1.82) is 0 Å². The summed E-state index contributed by atoms with van der Waals surface area (Å²) in [7, 11) is 0. The third-order valence-corrected chi connectivity index (χ3v) is 7.41. The number of nitrogens with zero attached hydrogens (tertiary/aromatic N) is 4. The van der Waals surface area contributed by atoms with Gasteiger partial charge in [0.05, 0.1) is 22.6 Å². The third kappa shape index (κ3) is 7.05. The number of rotatable bonds is 3. The molecule has 4 heterocycles. The van der Waals surface area contributed by atoms with E-state index in [-0.39, 0.29) is 29.1 Å². The van der Waals surface area contributed by atoms with E-state index < -0.39 is 23.8 Å².